The SMILES string of the molecule is O=S(=O)(O)CC1CC(F)C1. The molecule has 0 saturated heterocycles. The van der Waals surface area contributed by atoms with Gasteiger partial charge in [0.1, 0.15) is 6.17 Å². The highest BCUT2D eigenvalue weighted by molar-refractivity contribution is 7.85. The van der Waals surface area contributed by atoms with Crippen LogP contribution in [0.2, 0.25) is 0 Å². The Bertz CT molecular complexity index is 205. The van der Waals surface area contributed by atoms with Crippen LogP contribution in [0.15, 0.2) is 0 Å². The van der Waals surface area contributed by atoms with Gasteiger partial charge in [0.25, 0.3) is 10.1 Å². The first kappa shape index (κ1) is 7.94. The Morgan fingerprint density at radius 3 is 2.30 bits per heavy atom. The Balaban J connectivity index is 2.30. The maximum absolute atomic E-state index is 12.1. The minimum Gasteiger partial charge on any atom is -0.286 e. The number of alkyl halides is 1. The van der Waals surface area contributed by atoms with Gasteiger partial charge in [-0.2, -0.15) is 8.42 Å². The molecule has 0 bridgehead atoms. The van der Waals surface area contributed by atoms with Crippen molar-refractivity contribution in [3.05, 3.63) is 0 Å². The predicted octanol–water partition coefficient (Wildman–Crippen LogP) is 0.622. The normalized spacial score (nSPS) is 33.4. The fourth-order valence-electron chi connectivity index (χ4n) is 1.09. The van der Waals surface area contributed by atoms with Gasteiger partial charge in [-0.15, -0.1) is 0 Å². The first-order valence-electron chi connectivity index (χ1n) is 3.06. The summed E-state index contributed by atoms with van der Waals surface area (Å²) in [4.78, 5) is 0. The van der Waals surface area contributed by atoms with Gasteiger partial charge in [-0.05, 0) is 18.8 Å². The van der Waals surface area contributed by atoms with Crippen LogP contribution in [-0.2, 0) is 10.1 Å². The maximum atomic E-state index is 12.1. The van der Waals surface area contributed by atoms with E-state index in [4.69, 9.17) is 4.55 Å². The molecule has 0 amide bonds. The second kappa shape index (κ2) is 2.47. The van der Waals surface area contributed by atoms with Crippen LogP contribution in [0.1, 0.15) is 12.8 Å². The highest BCUT2D eigenvalue weighted by atomic mass is 32.2. The van der Waals surface area contributed by atoms with Gasteiger partial charge in [0.15, 0.2) is 0 Å². The quantitative estimate of drug-likeness (QED) is 0.615. The summed E-state index contributed by atoms with van der Waals surface area (Å²) in [6.45, 7) is 0. The van der Waals surface area contributed by atoms with Gasteiger partial charge >= 0.3 is 0 Å². The highest BCUT2D eigenvalue weighted by Crippen LogP contribution is 2.30. The van der Waals surface area contributed by atoms with Crippen LogP contribution in [0, 0.1) is 5.92 Å². The van der Waals surface area contributed by atoms with E-state index in [1.165, 1.54) is 0 Å². The molecule has 1 aliphatic rings. The fraction of sp³-hybridized carbons (Fsp3) is 1.00. The van der Waals surface area contributed by atoms with E-state index < -0.39 is 16.3 Å². The summed E-state index contributed by atoms with van der Waals surface area (Å²) in [5, 5.41) is 0. The second-order valence-corrected chi connectivity index (χ2v) is 4.18. The van der Waals surface area contributed by atoms with Crippen molar-refractivity contribution in [3.8, 4) is 0 Å². The largest absolute Gasteiger partial charge is 0.286 e. The molecular weight excluding hydrogens is 159 g/mol. The number of hydrogen-bond acceptors (Lipinski definition) is 2. The average molecular weight is 168 g/mol. The summed E-state index contributed by atoms with van der Waals surface area (Å²) in [7, 11) is -3.87. The van der Waals surface area contributed by atoms with Crippen molar-refractivity contribution in [1.82, 2.24) is 0 Å². The molecule has 5 heteroatoms. The third-order valence-corrected chi connectivity index (χ3v) is 2.52. The molecule has 3 nitrogen and oxygen atoms in total. The van der Waals surface area contributed by atoms with E-state index in [1.54, 1.807) is 0 Å². The van der Waals surface area contributed by atoms with Gasteiger partial charge in [-0.1, -0.05) is 0 Å². The van der Waals surface area contributed by atoms with Crippen LogP contribution in [-0.4, -0.2) is 24.9 Å². The Morgan fingerprint density at radius 1 is 1.50 bits per heavy atom. The van der Waals surface area contributed by atoms with Crippen LogP contribution in [0.4, 0.5) is 4.39 Å². The molecule has 0 heterocycles. The van der Waals surface area contributed by atoms with Crippen LogP contribution in [0.25, 0.3) is 0 Å². The molecule has 1 aliphatic carbocycles. The zero-order valence-electron chi connectivity index (χ0n) is 5.33. The van der Waals surface area contributed by atoms with Crippen LogP contribution >= 0.6 is 0 Å². The molecule has 0 unspecified atom stereocenters. The fourth-order valence-corrected chi connectivity index (χ4v) is 1.96. The van der Waals surface area contributed by atoms with E-state index in [1.807, 2.05) is 0 Å². The van der Waals surface area contributed by atoms with Crippen molar-refractivity contribution in [2.24, 2.45) is 5.92 Å². The zero-order valence-corrected chi connectivity index (χ0v) is 6.14. The minimum absolute atomic E-state index is 0.162. The monoisotopic (exact) mass is 168 g/mol. The predicted molar refractivity (Wildman–Crippen MR) is 34.0 cm³/mol. The van der Waals surface area contributed by atoms with E-state index in [-0.39, 0.29) is 24.5 Å². The summed E-state index contributed by atoms with van der Waals surface area (Å²) in [6, 6.07) is 0. The van der Waals surface area contributed by atoms with Gasteiger partial charge < -0.3 is 0 Å². The Hall–Kier alpha value is -0.160. The number of rotatable bonds is 2. The summed E-state index contributed by atoms with van der Waals surface area (Å²) in [5.74, 6) is -0.446. The Kier molecular flexibility index (Phi) is 1.96. The van der Waals surface area contributed by atoms with Gasteiger partial charge in [0, 0.05) is 0 Å². The molecular formula is C5H9FO3S. The molecule has 0 aliphatic heterocycles. The van der Waals surface area contributed by atoms with E-state index >= 15 is 0 Å². The van der Waals surface area contributed by atoms with E-state index in [9.17, 15) is 12.8 Å². The lowest BCUT2D eigenvalue weighted by molar-refractivity contribution is 0.145. The third kappa shape index (κ3) is 2.22. The lowest BCUT2D eigenvalue weighted by Crippen LogP contribution is -2.30. The molecule has 0 aromatic carbocycles. The average Bonchev–Trinajstić information content (AvgIpc) is 1.57. The van der Waals surface area contributed by atoms with Gasteiger partial charge in [0.2, 0.25) is 0 Å². The highest BCUT2D eigenvalue weighted by Gasteiger charge is 2.31. The first-order chi connectivity index (χ1) is 4.47. The van der Waals surface area contributed by atoms with Crippen LogP contribution in [0.5, 0.6) is 0 Å². The summed E-state index contributed by atoms with van der Waals surface area (Å²) in [5.41, 5.74) is 0. The molecule has 1 rings (SSSR count). The molecule has 10 heavy (non-hydrogen) atoms. The van der Waals surface area contributed by atoms with Crippen molar-refractivity contribution >= 4 is 10.1 Å². The van der Waals surface area contributed by atoms with Crippen molar-refractivity contribution in [2.75, 3.05) is 5.75 Å². The molecule has 1 fully saturated rings. The van der Waals surface area contributed by atoms with E-state index in [0.29, 0.717) is 0 Å². The second-order valence-electron chi connectivity index (χ2n) is 2.68. The molecule has 0 radical (unpaired) electrons. The molecule has 0 aromatic heterocycles. The van der Waals surface area contributed by atoms with E-state index in [0.717, 1.165) is 0 Å². The lowest BCUT2D eigenvalue weighted by Gasteiger charge is -2.27. The maximum Gasteiger partial charge on any atom is 0.265 e. The Labute approximate surface area is 59.0 Å². The standard InChI is InChI=1S/C5H9FO3S/c6-5-1-4(2-5)3-10(7,8)9/h4-5H,1-3H2,(H,7,8,9). The zero-order chi connectivity index (χ0) is 7.78. The van der Waals surface area contributed by atoms with Gasteiger partial charge in [0.05, 0.1) is 5.75 Å². The van der Waals surface area contributed by atoms with Crippen molar-refractivity contribution < 1.29 is 17.4 Å². The minimum atomic E-state index is -3.87. The molecule has 0 aromatic rings. The summed E-state index contributed by atoms with van der Waals surface area (Å²) >= 11 is 0. The number of hydrogen-bond donors (Lipinski definition) is 1. The number of halogens is 1. The van der Waals surface area contributed by atoms with E-state index in [2.05, 4.69) is 0 Å². The van der Waals surface area contributed by atoms with Crippen molar-refractivity contribution in [2.45, 2.75) is 19.0 Å². The third-order valence-electron chi connectivity index (χ3n) is 1.62. The molecule has 1 saturated carbocycles. The van der Waals surface area contributed by atoms with Crippen molar-refractivity contribution in [3.63, 3.8) is 0 Å². The topological polar surface area (TPSA) is 54.4 Å². The van der Waals surface area contributed by atoms with Crippen molar-refractivity contribution in [1.29, 1.82) is 0 Å². The molecule has 1 N–H and O–H groups in total. The smallest absolute Gasteiger partial charge is 0.265 e. The molecule has 0 spiro atoms. The van der Waals surface area contributed by atoms with Crippen LogP contribution < -0.4 is 0 Å². The van der Waals surface area contributed by atoms with Crippen LogP contribution in [0.3, 0.4) is 0 Å². The first-order valence-corrected chi connectivity index (χ1v) is 4.67. The summed E-state index contributed by atoms with van der Waals surface area (Å²) in [6.07, 6.45) is -0.300. The molecule has 60 valence electrons. The Morgan fingerprint density at radius 2 is 2.00 bits per heavy atom. The lowest BCUT2D eigenvalue weighted by atomic mass is 9.85. The molecule has 0 atom stereocenters. The van der Waals surface area contributed by atoms with Gasteiger partial charge in [-0.25, -0.2) is 4.39 Å². The van der Waals surface area contributed by atoms with Gasteiger partial charge in [-0.3, -0.25) is 4.55 Å². The summed E-state index contributed by atoms with van der Waals surface area (Å²) < 4.78 is 40.7.